The van der Waals surface area contributed by atoms with Crippen molar-refractivity contribution in [3.63, 3.8) is 0 Å². The zero-order chi connectivity index (χ0) is 44.5. The third-order valence-corrected chi connectivity index (χ3v) is 13.1. The van der Waals surface area contributed by atoms with Crippen molar-refractivity contribution in [1.82, 2.24) is 0 Å². The molecule has 26 nitrogen and oxygen atoms in total. The predicted octanol–water partition coefficient (Wildman–Crippen LogP) is -10.0. The summed E-state index contributed by atoms with van der Waals surface area (Å²) in [7, 11) is -16.9. The van der Waals surface area contributed by atoms with Gasteiger partial charge in [0, 0.05) is 17.5 Å². The molecule has 4 aromatic rings. The van der Waals surface area contributed by atoms with Gasteiger partial charge < -0.3 is 39.9 Å². The van der Waals surface area contributed by atoms with Crippen LogP contribution in [0.1, 0.15) is 0 Å². The number of phenolic OH excluding ortho intramolecular Hbond substituents is 1. The van der Waals surface area contributed by atoms with E-state index in [1.165, 1.54) is 18.2 Å². The minimum absolute atomic E-state index is 0. The summed E-state index contributed by atoms with van der Waals surface area (Å²) in [6.45, 7) is -1.47. The molecule has 0 atom stereocenters. The van der Waals surface area contributed by atoms with Crippen LogP contribution >= 0.6 is 24.4 Å². The Labute approximate surface area is 461 Å². The molecule has 0 bridgehead atoms. The van der Waals surface area contributed by atoms with Crippen molar-refractivity contribution in [2.75, 3.05) is 44.7 Å². The molecule has 4 rings (SSSR count). The number of hydrogen-bond acceptors (Lipinski definition) is 28. The van der Waals surface area contributed by atoms with Gasteiger partial charge in [0.25, 0.3) is 0 Å². The van der Waals surface area contributed by atoms with E-state index in [0.717, 1.165) is 38.5 Å². The van der Waals surface area contributed by atoms with Gasteiger partial charge in [-0.1, -0.05) is 6.07 Å². The monoisotopic (exact) mass is 1050 g/mol. The summed E-state index contributed by atoms with van der Waals surface area (Å²) in [4.78, 5) is -2.24. The van der Waals surface area contributed by atoms with Crippen LogP contribution in [0.4, 0.5) is 28.4 Å². The molecule has 0 fully saturated rings. The van der Waals surface area contributed by atoms with E-state index in [9.17, 15) is 58.4 Å². The number of nitrogens with two attached hydrogens (primary N) is 1. The van der Waals surface area contributed by atoms with Crippen LogP contribution in [0.15, 0.2) is 88.6 Å². The van der Waals surface area contributed by atoms with Crippen LogP contribution in [-0.2, 0) is 67.3 Å². The van der Waals surface area contributed by atoms with Crippen LogP contribution in [0.2, 0.25) is 0 Å². The molecular formula is C28H25N5Na4O21S6. The average Bonchev–Trinajstić information content (AvgIpc) is 3.17. The molecular weight excluding hydrogens is 1030 g/mol. The van der Waals surface area contributed by atoms with Gasteiger partial charge in [-0.3, -0.25) is 18.4 Å². The number of methoxy groups -OCH3 is 2. The Balaban J connectivity index is 0.00000992. The number of ether oxygens (including phenoxy) is 2. The Morgan fingerprint density at radius 3 is 1.94 bits per heavy atom. The summed E-state index contributed by atoms with van der Waals surface area (Å²) in [6.07, 6.45) is 0. The summed E-state index contributed by atoms with van der Waals surface area (Å²) in [5.74, 6) is -3.24. The smallest absolute Gasteiger partial charge is 0.744 e. The number of sulfone groups is 2. The molecule has 0 saturated carbocycles. The Bertz CT molecular complexity index is 2760. The zero-order valence-electron chi connectivity index (χ0n) is 33.9. The molecule has 0 unspecified atom stereocenters. The second kappa shape index (κ2) is 28.3. The number of benzene rings is 4. The second-order valence-electron chi connectivity index (χ2n) is 10.9. The number of aromatic hydroxyl groups is 1. The van der Waals surface area contributed by atoms with Crippen molar-refractivity contribution in [3.05, 3.63) is 48.5 Å². The number of rotatable bonds is 22. The van der Waals surface area contributed by atoms with Crippen molar-refractivity contribution < 1.29 is 213 Å². The summed E-state index contributed by atoms with van der Waals surface area (Å²) in [6, 6.07) is 8.36. The van der Waals surface area contributed by atoms with Crippen molar-refractivity contribution in [1.29, 1.82) is 0 Å². The minimum Gasteiger partial charge on any atom is -0.744 e. The van der Waals surface area contributed by atoms with Gasteiger partial charge in [0.1, 0.15) is 43.6 Å². The van der Waals surface area contributed by atoms with Crippen molar-refractivity contribution in [2.45, 2.75) is 19.6 Å². The van der Waals surface area contributed by atoms with Crippen LogP contribution < -0.4 is 144 Å². The molecule has 0 amide bonds. The van der Waals surface area contributed by atoms with E-state index in [1.807, 2.05) is 0 Å². The van der Waals surface area contributed by atoms with Gasteiger partial charge in [-0.25, -0.2) is 33.7 Å². The van der Waals surface area contributed by atoms with Crippen LogP contribution in [0.25, 0.3) is 10.8 Å². The first-order chi connectivity index (χ1) is 28.2. The van der Waals surface area contributed by atoms with E-state index < -0.39 is 108 Å². The fourth-order valence-corrected chi connectivity index (χ4v) is 9.09. The first kappa shape index (κ1) is 63.6. The number of nitrogen functional groups attached to an aromatic ring is 1. The number of fused-ring (bicyclic) bond motifs is 1. The molecule has 328 valence electrons. The van der Waals surface area contributed by atoms with Gasteiger partial charge in [0.05, 0.1) is 82.4 Å². The van der Waals surface area contributed by atoms with Crippen molar-refractivity contribution in [2.24, 2.45) is 20.5 Å². The standard InChI is InChI=1S/C28H29N5O21S6.4Na/c1-47-20-14-24(58(39,40)9-7-50-60(44,45)46)21(48-2)12-18(20)31-32-19-13-23(59(41,42)43)17-11-22(55-53-51-35)27(28(34)25(17)26(19)29)33-30-15-4-3-5-16(10-15)57(37,38)8-6-49-56-54-52-36;;;;/h3-5,10-14,34-36H,6-9,29H2,1-2H3,(H,41,42,43)(H,44,45,46);;;;/q;4*+1/p-4. The third kappa shape index (κ3) is 17.6. The maximum absolute atomic E-state index is 13.0. The minimum atomic E-state index is -5.46. The van der Waals surface area contributed by atoms with E-state index in [-0.39, 0.29) is 175 Å². The number of phenols is 1. The predicted molar refractivity (Wildman–Crippen MR) is 196 cm³/mol. The van der Waals surface area contributed by atoms with Gasteiger partial charge in [-0.15, -0.1) is 19.7 Å². The maximum Gasteiger partial charge on any atom is 1.00 e. The molecule has 0 aliphatic heterocycles. The Hall–Kier alpha value is -0.360. The average molecular weight is 1050 g/mol. The van der Waals surface area contributed by atoms with Gasteiger partial charge >= 0.3 is 118 Å². The van der Waals surface area contributed by atoms with Crippen molar-refractivity contribution >= 4 is 104 Å². The molecule has 64 heavy (non-hydrogen) atoms. The zero-order valence-corrected chi connectivity index (χ0v) is 46.8. The van der Waals surface area contributed by atoms with E-state index in [0.29, 0.717) is 6.07 Å². The van der Waals surface area contributed by atoms with Crippen LogP contribution in [-0.4, -0.2) is 86.8 Å². The quantitative estimate of drug-likeness (QED) is 0.00849. The van der Waals surface area contributed by atoms with Crippen LogP contribution in [0, 0.1) is 0 Å². The second-order valence-corrected chi connectivity index (χ2v) is 18.8. The molecule has 0 heterocycles. The number of anilines is 1. The molecule has 36 heteroatoms. The van der Waals surface area contributed by atoms with E-state index in [1.54, 1.807) is 0 Å². The summed E-state index contributed by atoms with van der Waals surface area (Å²) in [5, 5.41) is 53.0. The molecule has 0 aliphatic rings. The fraction of sp³-hybridized carbons (Fsp3) is 0.214. The summed E-state index contributed by atoms with van der Waals surface area (Å²) in [5.41, 5.74) is 4.22. The van der Waals surface area contributed by atoms with Gasteiger partial charge in [0.2, 0.25) is 10.4 Å². The first-order valence-electron chi connectivity index (χ1n) is 15.4. The van der Waals surface area contributed by atoms with Crippen molar-refractivity contribution in [3.8, 4) is 17.2 Å². The molecule has 3 N–H and O–H groups in total. The van der Waals surface area contributed by atoms with E-state index in [4.69, 9.17) is 19.4 Å². The Kier molecular flexibility index (Phi) is 28.2. The van der Waals surface area contributed by atoms with E-state index >= 15 is 0 Å². The topological polar surface area (TPSA) is 398 Å². The maximum atomic E-state index is 13.0. The van der Waals surface area contributed by atoms with Crippen LogP contribution in [0.5, 0.6) is 17.2 Å². The molecule has 4 aromatic carbocycles. The normalized spacial score (nSPS) is 12.0. The molecule has 0 radical (unpaired) electrons. The first-order valence-corrected chi connectivity index (χ1v) is 22.8. The van der Waals surface area contributed by atoms with Gasteiger partial charge in [0.15, 0.2) is 37.7 Å². The largest absolute Gasteiger partial charge is 1.00 e. The fourth-order valence-electron chi connectivity index (χ4n) is 4.82. The summed E-state index contributed by atoms with van der Waals surface area (Å²) >= 11 is 0.191. The van der Waals surface area contributed by atoms with Gasteiger partial charge in [-0.2, -0.15) is 9.45 Å². The Morgan fingerprint density at radius 1 is 0.719 bits per heavy atom. The molecule has 0 aliphatic carbocycles. The third-order valence-electron chi connectivity index (χ3n) is 7.37. The Morgan fingerprint density at radius 2 is 1.34 bits per heavy atom. The number of hydrogen-bond donors (Lipinski definition) is 2. The van der Waals surface area contributed by atoms with Gasteiger partial charge in [-0.05, 0) is 30.3 Å². The number of azo groups is 2. The molecule has 0 aromatic heterocycles. The molecule has 0 saturated heterocycles. The molecule has 0 spiro atoms. The SMILES string of the molecule is COc1cc(S(=O)(=O)CCOS(=O)(=O)[O-])c(OC)cc1N=Nc1cc(S(=O)(=O)[O-])c2cc(SOO[O-])c(N=Nc3cccc(S(=O)(=O)CCOSOO[O-])c3)c(O)c2c1N.[Na+].[Na+].[Na+].[Na+]. The number of nitrogens with zero attached hydrogens (tertiary/aromatic N) is 4. The van der Waals surface area contributed by atoms with Crippen LogP contribution in [0.3, 0.4) is 0 Å². The summed E-state index contributed by atoms with van der Waals surface area (Å²) < 4.78 is 149. The van der Waals surface area contributed by atoms with E-state index in [2.05, 4.69) is 43.4 Å².